The summed E-state index contributed by atoms with van der Waals surface area (Å²) in [6.07, 6.45) is 14.3. The van der Waals surface area contributed by atoms with Crippen molar-refractivity contribution in [3.63, 3.8) is 0 Å². The van der Waals surface area contributed by atoms with Crippen LogP contribution in [0.25, 0.3) is 21.9 Å². The Morgan fingerprint density at radius 2 is 1.37 bits per heavy atom. The first-order valence-corrected chi connectivity index (χ1v) is 13.7. The number of rotatable bonds is 10. The van der Waals surface area contributed by atoms with E-state index in [1.807, 2.05) is 31.2 Å². The maximum atomic E-state index is 15.0. The fourth-order valence-corrected chi connectivity index (χ4v) is 5.81. The molecular weight excluding hydrogens is 441 g/mol. The van der Waals surface area contributed by atoms with Crippen LogP contribution in [0, 0.1) is 29.3 Å². The molecule has 0 aliphatic heterocycles. The molecule has 0 N–H and O–H groups in total. The van der Waals surface area contributed by atoms with Crippen molar-refractivity contribution in [3.8, 4) is 11.1 Å². The molecule has 0 spiro atoms. The Labute approximate surface area is 209 Å². The Morgan fingerprint density at radius 1 is 0.686 bits per heavy atom. The standard InChI is InChI=1S/C32H39F3/c1-3-5-6-8-22-9-11-23(12-10-22)13-14-24-15-17-25(18-16-24)28-21-27-20-19-26(7-4-2)30(33)29(27)32(35)31(28)34/h15-23H,3-14H2,1-2H3. The third-order valence-corrected chi connectivity index (χ3v) is 8.01. The minimum atomic E-state index is -1.10. The number of hydrogen-bond acceptors (Lipinski definition) is 0. The number of unbranched alkanes of at least 4 members (excludes halogenated alkanes) is 2. The lowest BCUT2D eigenvalue weighted by Gasteiger charge is -2.28. The third-order valence-electron chi connectivity index (χ3n) is 8.01. The van der Waals surface area contributed by atoms with Gasteiger partial charge in [0.2, 0.25) is 0 Å². The van der Waals surface area contributed by atoms with Gasteiger partial charge < -0.3 is 0 Å². The van der Waals surface area contributed by atoms with Gasteiger partial charge in [0.1, 0.15) is 5.82 Å². The summed E-state index contributed by atoms with van der Waals surface area (Å²) >= 11 is 0. The van der Waals surface area contributed by atoms with Gasteiger partial charge in [-0.2, -0.15) is 0 Å². The fraction of sp³-hybridized carbons (Fsp3) is 0.500. The van der Waals surface area contributed by atoms with E-state index in [2.05, 4.69) is 6.92 Å². The summed E-state index contributed by atoms with van der Waals surface area (Å²) in [5.41, 5.74) is 2.47. The molecule has 0 amide bonds. The topological polar surface area (TPSA) is 0 Å². The lowest BCUT2D eigenvalue weighted by molar-refractivity contribution is 0.249. The smallest absolute Gasteiger partial charge is 0.170 e. The highest BCUT2D eigenvalue weighted by molar-refractivity contribution is 5.89. The summed E-state index contributed by atoms with van der Waals surface area (Å²) in [7, 11) is 0. The molecule has 0 atom stereocenters. The fourth-order valence-electron chi connectivity index (χ4n) is 5.81. The number of aryl methyl sites for hydroxylation is 2. The zero-order valence-corrected chi connectivity index (χ0v) is 21.3. The molecule has 0 aromatic heterocycles. The lowest BCUT2D eigenvalue weighted by Crippen LogP contribution is -2.15. The zero-order valence-electron chi connectivity index (χ0n) is 21.3. The number of halogens is 3. The lowest BCUT2D eigenvalue weighted by atomic mass is 9.78. The van der Waals surface area contributed by atoms with Gasteiger partial charge in [-0.05, 0) is 59.2 Å². The van der Waals surface area contributed by atoms with Crippen LogP contribution in [0.5, 0.6) is 0 Å². The van der Waals surface area contributed by atoms with Gasteiger partial charge in [0, 0.05) is 5.56 Å². The van der Waals surface area contributed by atoms with Crippen LogP contribution < -0.4 is 0 Å². The van der Waals surface area contributed by atoms with Crippen molar-refractivity contribution in [1.29, 1.82) is 0 Å². The molecule has 0 bridgehead atoms. The molecule has 0 unspecified atom stereocenters. The van der Waals surface area contributed by atoms with Crippen LogP contribution in [0.3, 0.4) is 0 Å². The minimum absolute atomic E-state index is 0.186. The van der Waals surface area contributed by atoms with Crippen molar-refractivity contribution in [3.05, 3.63) is 71.0 Å². The van der Waals surface area contributed by atoms with Crippen LogP contribution in [-0.2, 0) is 12.8 Å². The van der Waals surface area contributed by atoms with E-state index in [1.165, 1.54) is 63.4 Å². The molecule has 1 aliphatic carbocycles. The van der Waals surface area contributed by atoms with Gasteiger partial charge >= 0.3 is 0 Å². The maximum Gasteiger partial charge on any atom is 0.170 e. The van der Waals surface area contributed by atoms with Gasteiger partial charge in [-0.25, -0.2) is 13.2 Å². The average molecular weight is 481 g/mol. The van der Waals surface area contributed by atoms with Crippen molar-refractivity contribution in [2.45, 2.75) is 90.9 Å². The molecule has 4 rings (SSSR count). The summed E-state index contributed by atoms with van der Waals surface area (Å²) in [5.74, 6) is -0.980. The average Bonchev–Trinajstić information content (AvgIpc) is 2.88. The highest BCUT2D eigenvalue weighted by Crippen LogP contribution is 2.36. The Morgan fingerprint density at radius 3 is 2.03 bits per heavy atom. The van der Waals surface area contributed by atoms with E-state index < -0.39 is 17.5 Å². The second-order valence-electron chi connectivity index (χ2n) is 10.6. The van der Waals surface area contributed by atoms with E-state index in [0.29, 0.717) is 22.9 Å². The van der Waals surface area contributed by atoms with Crippen LogP contribution in [0.15, 0.2) is 42.5 Å². The first kappa shape index (κ1) is 25.8. The number of fused-ring (bicyclic) bond motifs is 1. The van der Waals surface area contributed by atoms with Crippen molar-refractivity contribution in [1.82, 2.24) is 0 Å². The highest BCUT2D eigenvalue weighted by Gasteiger charge is 2.21. The quantitative estimate of drug-likeness (QED) is 0.253. The van der Waals surface area contributed by atoms with Crippen LogP contribution >= 0.6 is 0 Å². The van der Waals surface area contributed by atoms with Gasteiger partial charge in [0.15, 0.2) is 11.6 Å². The largest absolute Gasteiger partial charge is 0.206 e. The monoisotopic (exact) mass is 480 g/mol. The second-order valence-corrected chi connectivity index (χ2v) is 10.6. The van der Waals surface area contributed by atoms with Crippen molar-refractivity contribution < 1.29 is 13.2 Å². The predicted octanol–water partition coefficient (Wildman–Crippen LogP) is 10.2. The second kappa shape index (κ2) is 12.1. The Hall–Kier alpha value is -2.29. The zero-order chi connectivity index (χ0) is 24.8. The summed E-state index contributed by atoms with van der Waals surface area (Å²) in [6, 6.07) is 12.7. The normalized spacial score (nSPS) is 18.3. The third kappa shape index (κ3) is 6.11. The van der Waals surface area contributed by atoms with E-state index in [-0.39, 0.29) is 10.9 Å². The molecule has 1 saturated carbocycles. The highest BCUT2D eigenvalue weighted by atomic mass is 19.2. The molecule has 0 saturated heterocycles. The van der Waals surface area contributed by atoms with Crippen molar-refractivity contribution in [2.75, 3.05) is 0 Å². The van der Waals surface area contributed by atoms with Crippen molar-refractivity contribution >= 4 is 10.8 Å². The van der Waals surface area contributed by atoms with Gasteiger partial charge in [-0.3, -0.25) is 0 Å². The summed E-state index contributed by atoms with van der Waals surface area (Å²) < 4.78 is 44.7. The Kier molecular flexibility index (Phi) is 8.92. The molecule has 0 heterocycles. The van der Waals surface area contributed by atoms with Gasteiger partial charge in [-0.15, -0.1) is 0 Å². The summed E-state index contributed by atoms with van der Waals surface area (Å²) in [6.45, 7) is 4.21. The summed E-state index contributed by atoms with van der Waals surface area (Å²) in [4.78, 5) is 0. The van der Waals surface area contributed by atoms with E-state index in [9.17, 15) is 13.2 Å². The molecule has 35 heavy (non-hydrogen) atoms. The molecule has 1 aliphatic rings. The molecule has 0 radical (unpaired) electrons. The Balaban J connectivity index is 1.40. The van der Waals surface area contributed by atoms with Crippen LogP contribution in [0.4, 0.5) is 13.2 Å². The van der Waals surface area contributed by atoms with Crippen LogP contribution in [0.2, 0.25) is 0 Å². The van der Waals surface area contributed by atoms with Crippen LogP contribution in [-0.4, -0.2) is 0 Å². The molecule has 3 aromatic rings. The molecule has 3 heteroatoms. The minimum Gasteiger partial charge on any atom is -0.206 e. The summed E-state index contributed by atoms with van der Waals surface area (Å²) in [5, 5.41) is 0.152. The first-order valence-electron chi connectivity index (χ1n) is 13.7. The van der Waals surface area contributed by atoms with Crippen molar-refractivity contribution in [2.24, 2.45) is 11.8 Å². The molecular formula is C32H39F3. The molecule has 0 nitrogen and oxygen atoms in total. The van der Waals surface area contributed by atoms with Gasteiger partial charge in [0.05, 0.1) is 5.39 Å². The van der Waals surface area contributed by atoms with Crippen LogP contribution in [0.1, 0.15) is 89.2 Å². The van der Waals surface area contributed by atoms with E-state index in [4.69, 9.17) is 0 Å². The van der Waals surface area contributed by atoms with E-state index in [1.54, 1.807) is 18.2 Å². The Bertz CT molecular complexity index is 1110. The first-order chi connectivity index (χ1) is 17.0. The van der Waals surface area contributed by atoms with E-state index >= 15 is 0 Å². The van der Waals surface area contributed by atoms with Gasteiger partial charge in [0.25, 0.3) is 0 Å². The van der Waals surface area contributed by atoms with E-state index in [0.717, 1.165) is 24.7 Å². The number of benzene rings is 3. The SMILES string of the molecule is CCCCCC1CCC(CCc2ccc(-c3cc4ccc(CCC)c(F)c4c(F)c3F)cc2)CC1. The maximum absolute atomic E-state index is 15.0. The molecule has 188 valence electrons. The number of hydrogen-bond donors (Lipinski definition) is 0. The molecule has 1 fully saturated rings. The van der Waals surface area contributed by atoms with Gasteiger partial charge in [-0.1, -0.05) is 108 Å². The molecule has 3 aromatic carbocycles. The predicted molar refractivity (Wildman–Crippen MR) is 141 cm³/mol.